The van der Waals surface area contributed by atoms with Gasteiger partial charge >= 0.3 is 0 Å². The smallest absolute Gasteiger partial charge is 0.276 e. The molecule has 0 radical (unpaired) electrons. The van der Waals surface area contributed by atoms with Crippen LogP contribution in [-0.4, -0.2) is 25.5 Å². The molecule has 4 rings (SSSR count). The van der Waals surface area contributed by atoms with Gasteiger partial charge < -0.3 is 9.88 Å². The normalized spacial score (nSPS) is 10.8. The van der Waals surface area contributed by atoms with E-state index in [1.807, 2.05) is 30.3 Å². The van der Waals surface area contributed by atoms with Crippen LogP contribution in [0.5, 0.6) is 0 Å². The number of amides is 1. The summed E-state index contributed by atoms with van der Waals surface area (Å²) in [5.74, 6) is -0.293. The maximum absolute atomic E-state index is 13.8. The Balaban J connectivity index is 1.62. The lowest BCUT2D eigenvalue weighted by molar-refractivity contribution is 0.0945. The summed E-state index contributed by atoms with van der Waals surface area (Å²) in [6.07, 6.45) is 3.61. The molecule has 0 aliphatic carbocycles. The van der Waals surface area contributed by atoms with E-state index in [-0.39, 0.29) is 18.1 Å². The number of nitrogens with one attached hydrogen (secondary N) is 1. The number of rotatable bonds is 6. The van der Waals surface area contributed by atoms with Crippen molar-refractivity contribution in [1.29, 1.82) is 0 Å². The molecule has 2 heterocycles. The third-order valence-electron chi connectivity index (χ3n) is 4.39. The van der Waals surface area contributed by atoms with Crippen molar-refractivity contribution in [3.05, 3.63) is 101 Å². The lowest BCUT2D eigenvalue weighted by atomic mass is 10.2. The number of carbonyl (C=O) groups excluding carboxylic acids is 1. The Kier molecular flexibility index (Phi) is 5.39. The number of halogens is 2. The molecule has 0 atom stereocenters. The molecule has 2 aromatic heterocycles. The van der Waals surface area contributed by atoms with Gasteiger partial charge in [-0.15, -0.1) is 5.10 Å². The van der Waals surface area contributed by atoms with Gasteiger partial charge in [0.1, 0.15) is 5.82 Å². The summed E-state index contributed by atoms with van der Waals surface area (Å²) in [5, 5.41) is 11.6. The molecule has 0 saturated carbocycles. The zero-order valence-corrected chi connectivity index (χ0v) is 16.1. The highest BCUT2D eigenvalue weighted by atomic mass is 35.5. The second kappa shape index (κ2) is 8.28. The molecule has 1 amide bonds. The molecule has 0 aliphatic heterocycles. The van der Waals surface area contributed by atoms with Crippen LogP contribution < -0.4 is 5.32 Å². The topological polar surface area (TPSA) is 64.7 Å². The van der Waals surface area contributed by atoms with E-state index in [1.54, 1.807) is 45.9 Å². The Morgan fingerprint density at radius 3 is 2.62 bits per heavy atom. The molecule has 0 saturated heterocycles. The average molecular weight is 410 g/mol. The highest BCUT2D eigenvalue weighted by molar-refractivity contribution is 6.30. The highest BCUT2D eigenvalue weighted by Gasteiger charge is 2.21. The number of nitrogens with zero attached hydrogens (tertiary/aromatic N) is 4. The fourth-order valence-corrected chi connectivity index (χ4v) is 3.21. The van der Waals surface area contributed by atoms with E-state index in [4.69, 9.17) is 11.6 Å². The molecule has 0 fully saturated rings. The summed E-state index contributed by atoms with van der Waals surface area (Å²) < 4.78 is 17.2. The zero-order chi connectivity index (χ0) is 20.2. The fourth-order valence-electron chi connectivity index (χ4n) is 3.00. The van der Waals surface area contributed by atoms with Crippen LogP contribution in [0.4, 0.5) is 4.39 Å². The van der Waals surface area contributed by atoms with Gasteiger partial charge in [-0.25, -0.2) is 9.07 Å². The van der Waals surface area contributed by atoms with Crippen molar-refractivity contribution in [1.82, 2.24) is 24.9 Å². The number of aromatic nitrogens is 4. The third-order valence-corrected chi connectivity index (χ3v) is 4.63. The first kappa shape index (κ1) is 18.9. The van der Waals surface area contributed by atoms with Crippen molar-refractivity contribution >= 4 is 17.5 Å². The molecular formula is C21H17ClFN5O. The number of benzene rings is 2. The molecule has 6 nitrogen and oxygen atoms in total. The first-order chi connectivity index (χ1) is 14.1. The first-order valence-corrected chi connectivity index (χ1v) is 9.32. The Labute approximate surface area is 171 Å². The molecule has 0 bridgehead atoms. The van der Waals surface area contributed by atoms with E-state index in [9.17, 15) is 9.18 Å². The van der Waals surface area contributed by atoms with E-state index < -0.39 is 5.91 Å². The summed E-state index contributed by atoms with van der Waals surface area (Å²) >= 11 is 6.07. The van der Waals surface area contributed by atoms with Crippen LogP contribution in [0.25, 0.3) is 5.82 Å². The van der Waals surface area contributed by atoms with Gasteiger partial charge in [0.05, 0.1) is 6.54 Å². The number of carbonyl (C=O) groups is 1. The van der Waals surface area contributed by atoms with Gasteiger partial charge in [0.2, 0.25) is 0 Å². The first-order valence-electron chi connectivity index (χ1n) is 8.94. The molecule has 0 spiro atoms. The van der Waals surface area contributed by atoms with Crippen LogP contribution in [0.1, 0.15) is 21.6 Å². The second-order valence-electron chi connectivity index (χ2n) is 6.41. The molecule has 0 aliphatic rings. The lowest BCUT2D eigenvalue weighted by Crippen LogP contribution is -2.25. The monoisotopic (exact) mass is 409 g/mol. The summed E-state index contributed by atoms with van der Waals surface area (Å²) in [5.41, 5.74) is 1.48. The minimum absolute atomic E-state index is 0.0534. The minimum Gasteiger partial charge on any atom is -0.346 e. The molecular weight excluding hydrogens is 393 g/mol. The van der Waals surface area contributed by atoms with Crippen LogP contribution in [0, 0.1) is 5.82 Å². The van der Waals surface area contributed by atoms with Gasteiger partial charge in [0.25, 0.3) is 5.91 Å². The quantitative estimate of drug-likeness (QED) is 0.526. The number of hydrogen-bond donors (Lipinski definition) is 1. The Morgan fingerprint density at radius 1 is 1.07 bits per heavy atom. The summed E-state index contributed by atoms with van der Waals surface area (Å²) in [4.78, 5) is 12.8. The Hall–Kier alpha value is -3.45. The molecule has 1 N–H and O–H groups in total. The van der Waals surface area contributed by atoms with Crippen molar-refractivity contribution in [2.24, 2.45) is 0 Å². The maximum Gasteiger partial charge on any atom is 0.276 e. The van der Waals surface area contributed by atoms with Crippen LogP contribution in [0.2, 0.25) is 5.02 Å². The van der Waals surface area contributed by atoms with E-state index in [0.717, 1.165) is 5.56 Å². The van der Waals surface area contributed by atoms with Gasteiger partial charge in [-0.05, 0) is 35.9 Å². The van der Waals surface area contributed by atoms with Gasteiger partial charge in [-0.3, -0.25) is 4.79 Å². The zero-order valence-electron chi connectivity index (χ0n) is 15.3. The van der Waals surface area contributed by atoms with Gasteiger partial charge in [-0.1, -0.05) is 47.1 Å². The van der Waals surface area contributed by atoms with E-state index >= 15 is 0 Å². The Bertz CT molecular complexity index is 1140. The summed E-state index contributed by atoms with van der Waals surface area (Å²) in [7, 11) is 0. The molecule has 29 heavy (non-hydrogen) atoms. The molecule has 0 unspecified atom stereocenters. The molecule has 8 heteroatoms. The van der Waals surface area contributed by atoms with Crippen molar-refractivity contribution in [2.45, 2.75) is 13.1 Å². The molecule has 4 aromatic rings. The second-order valence-corrected chi connectivity index (χ2v) is 6.85. The minimum atomic E-state index is -0.436. The predicted octanol–water partition coefficient (Wildman–Crippen LogP) is 3.84. The highest BCUT2D eigenvalue weighted by Crippen LogP contribution is 2.17. The molecule has 146 valence electrons. The predicted molar refractivity (Wildman–Crippen MR) is 107 cm³/mol. The summed E-state index contributed by atoms with van der Waals surface area (Å²) in [6.45, 7) is 0.444. The largest absolute Gasteiger partial charge is 0.346 e. The fraction of sp³-hybridized carbons (Fsp3) is 0.0952. The lowest BCUT2D eigenvalue weighted by Gasteiger charge is -2.10. The standard InChI is InChI=1S/C21H17ClFN5O/c22-17-8-5-6-15(12-17)14-28-21(27-10-3-4-11-27)19(25-26-28)20(29)24-13-16-7-1-2-9-18(16)23/h1-12H,13-14H2,(H,24,29). The average Bonchev–Trinajstić information content (AvgIpc) is 3.37. The number of hydrogen-bond acceptors (Lipinski definition) is 3. The van der Waals surface area contributed by atoms with Crippen LogP contribution in [0.3, 0.4) is 0 Å². The molecule has 2 aromatic carbocycles. The van der Waals surface area contributed by atoms with E-state index in [1.165, 1.54) is 6.07 Å². The van der Waals surface area contributed by atoms with Crippen molar-refractivity contribution in [2.75, 3.05) is 0 Å². The van der Waals surface area contributed by atoms with Crippen LogP contribution >= 0.6 is 11.6 Å². The van der Waals surface area contributed by atoms with Crippen LogP contribution in [0.15, 0.2) is 73.1 Å². The SMILES string of the molecule is O=C(NCc1ccccc1F)c1nnn(Cc2cccc(Cl)c2)c1-n1cccc1. The van der Waals surface area contributed by atoms with Gasteiger partial charge in [0.15, 0.2) is 11.5 Å². The maximum atomic E-state index is 13.8. The van der Waals surface area contributed by atoms with Crippen LogP contribution in [-0.2, 0) is 13.1 Å². The van der Waals surface area contributed by atoms with Crippen molar-refractivity contribution in [3.63, 3.8) is 0 Å². The van der Waals surface area contributed by atoms with E-state index in [0.29, 0.717) is 22.9 Å². The van der Waals surface area contributed by atoms with Crippen molar-refractivity contribution in [3.8, 4) is 5.82 Å². The Morgan fingerprint density at radius 2 is 1.86 bits per heavy atom. The van der Waals surface area contributed by atoms with Crippen molar-refractivity contribution < 1.29 is 9.18 Å². The third kappa shape index (κ3) is 4.20. The van der Waals surface area contributed by atoms with Gasteiger partial charge in [0, 0.05) is 29.5 Å². The van der Waals surface area contributed by atoms with Gasteiger partial charge in [-0.2, -0.15) is 0 Å². The van der Waals surface area contributed by atoms with E-state index in [2.05, 4.69) is 15.6 Å². The summed E-state index contributed by atoms with van der Waals surface area (Å²) in [6, 6.07) is 17.4.